The Bertz CT molecular complexity index is 1100. The fourth-order valence-electron chi connectivity index (χ4n) is 3.27. The lowest BCUT2D eigenvalue weighted by atomic mass is 10.2. The monoisotopic (exact) mass is 411 g/mol. The predicted molar refractivity (Wildman–Crippen MR) is 109 cm³/mol. The van der Waals surface area contributed by atoms with Gasteiger partial charge in [0.2, 0.25) is 0 Å². The second-order valence-electron chi connectivity index (χ2n) is 6.99. The highest BCUT2D eigenvalue weighted by Gasteiger charge is 2.25. The molecule has 0 aliphatic carbocycles. The van der Waals surface area contributed by atoms with Crippen LogP contribution in [-0.2, 0) is 9.53 Å². The Morgan fingerprint density at radius 3 is 2.86 bits per heavy atom. The van der Waals surface area contributed by atoms with Gasteiger partial charge in [0.1, 0.15) is 0 Å². The number of aryl methyl sites for hydroxylation is 2. The van der Waals surface area contributed by atoms with Crippen molar-refractivity contribution in [1.29, 1.82) is 0 Å². The molecule has 4 rings (SSSR count). The van der Waals surface area contributed by atoms with Gasteiger partial charge in [0.25, 0.3) is 17.5 Å². The van der Waals surface area contributed by atoms with Crippen molar-refractivity contribution in [3.8, 4) is 0 Å². The quantitative estimate of drug-likeness (QED) is 0.612. The lowest BCUT2D eigenvalue weighted by molar-refractivity contribution is -0.121. The van der Waals surface area contributed by atoms with Crippen molar-refractivity contribution >= 4 is 35.1 Å². The minimum Gasteiger partial charge on any atom is -0.450 e. The van der Waals surface area contributed by atoms with E-state index in [2.05, 4.69) is 22.0 Å². The number of hydrogen-bond acceptors (Lipinski definition) is 7. The molecule has 2 aromatic heterocycles. The number of ether oxygens (including phenoxy) is 1. The molecule has 1 aromatic carbocycles. The number of thioether (sulfide) groups is 1. The Hall–Kier alpha value is -2.94. The van der Waals surface area contributed by atoms with Crippen LogP contribution >= 0.6 is 11.8 Å². The third kappa shape index (κ3) is 3.95. The number of para-hydroxylation sites is 1. The van der Waals surface area contributed by atoms with Gasteiger partial charge in [-0.1, -0.05) is 19.1 Å². The van der Waals surface area contributed by atoms with E-state index in [-0.39, 0.29) is 18.3 Å². The van der Waals surface area contributed by atoms with Crippen LogP contribution in [0.3, 0.4) is 0 Å². The Balaban J connectivity index is 1.48. The Morgan fingerprint density at radius 1 is 1.24 bits per heavy atom. The third-order valence-electron chi connectivity index (χ3n) is 4.67. The fraction of sp³-hybridized carbons (Fsp3) is 0.350. The zero-order chi connectivity index (χ0) is 20.5. The predicted octanol–water partition coefficient (Wildman–Crippen LogP) is 2.82. The van der Waals surface area contributed by atoms with Gasteiger partial charge in [-0.05, 0) is 38.5 Å². The third-order valence-corrected chi connectivity index (χ3v) is 5.91. The number of esters is 1. The maximum absolute atomic E-state index is 12.8. The first-order valence-electron chi connectivity index (χ1n) is 9.36. The van der Waals surface area contributed by atoms with Crippen LogP contribution in [0.15, 0.2) is 35.2 Å². The molecule has 1 amide bonds. The van der Waals surface area contributed by atoms with Crippen molar-refractivity contribution in [1.82, 2.24) is 19.6 Å². The van der Waals surface area contributed by atoms with Crippen LogP contribution in [0.4, 0.5) is 5.69 Å². The van der Waals surface area contributed by atoms with E-state index < -0.39 is 5.97 Å². The van der Waals surface area contributed by atoms with Gasteiger partial charge in [0.15, 0.2) is 6.61 Å². The highest BCUT2D eigenvalue weighted by Crippen LogP contribution is 2.37. The summed E-state index contributed by atoms with van der Waals surface area (Å²) >= 11 is 1.75. The smallest absolute Gasteiger partial charge is 0.378 e. The van der Waals surface area contributed by atoms with Crippen molar-refractivity contribution in [2.45, 2.75) is 37.3 Å². The molecule has 0 fully saturated rings. The van der Waals surface area contributed by atoms with Gasteiger partial charge in [-0.2, -0.15) is 4.98 Å². The molecule has 150 valence electrons. The standard InChI is InChI=1S/C20H21N5O3S/c1-12-10-13(2)25-20(21-12)22-18(23-25)19(27)28-11-17(26)24-9-8-14(3)29-16-7-5-4-6-15(16)24/h4-7,10,14H,8-9,11H2,1-3H3/t14-/m1/s1. The largest absolute Gasteiger partial charge is 0.450 e. The highest BCUT2D eigenvalue weighted by molar-refractivity contribution is 8.00. The van der Waals surface area contributed by atoms with Crippen LogP contribution in [-0.4, -0.2) is 49.9 Å². The summed E-state index contributed by atoms with van der Waals surface area (Å²) in [6.45, 7) is 6.05. The zero-order valence-corrected chi connectivity index (χ0v) is 17.3. The molecule has 1 aliphatic heterocycles. The summed E-state index contributed by atoms with van der Waals surface area (Å²) in [5, 5.41) is 4.55. The number of hydrogen-bond donors (Lipinski definition) is 0. The molecule has 0 bridgehead atoms. The Morgan fingerprint density at radius 2 is 2.03 bits per heavy atom. The van der Waals surface area contributed by atoms with E-state index in [4.69, 9.17) is 4.74 Å². The average molecular weight is 411 g/mol. The highest BCUT2D eigenvalue weighted by atomic mass is 32.2. The van der Waals surface area contributed by atoms with Crippen molar-refractivity contribution in [3.05, 3.63) is 47.5 Å². The van der Waals surface area contributed by atoms with Crippen molar-refractivity contribution in [2.24, 2.45) is 0 Å². The summed E-state index contributed by atoms with van der Waals surface area (Å²) < 4.78 is 6.70. The Kier molecular flexibility index (Phi) is 5.23. The summed E-state index contributed by atoms with van der Waals surface area (Å²) in [6, 6.07) is 9.63. The number of carbonyl (C=O) groups is 2. The number of carbonyl (C=O) groups excluding carboxylic acids is 2. The molecule has 0 N–H and O–H groups in total. The lowest BCUT2D eigenvalue weighted by Crippen LogP contribution is -2.35. The van der Waals surface area contributed by atoms with Gasteiger partial charge in [-0.3, -0.25) is 4.79 Å². The second kappa shape index (κ2) is 7.82. The summed E-state index contributed by atoms with van der Waals surface area (Å²) in [4.78, 5) is 36.3. The molecule has 8 nitrogen and oxygen atoms in total. The first kappa shape index (κ1) is 19.4. The number of benzene rings is 1. The van der Waals surface area contributed by atoms with Crippen LogP contribution in [0.2, 0.25) is 0 Å². The van der Waals surface area contributed by atoms with Gasteiger partial charge < -0.3 is 9.64 Å². The van der Waals surface area contributed by atoms with E-state index in [9.17, 15) is 9.59 Å². The number of anilines is 1. The number of rotatable bonds is 3. The molecule has 0 saturated carbocycles. The maximum atomic E-state index is 12.8. The normalized spacial score (nSPS) is 16.4. The van der Waals surface area contributed by atoms with E-state index >= 15 is 0 Å². The molecular weight excluding hydrogens is 390 g/mol. The molecule has 0 unspecified atom stereocenters. The number of amides is 1. The van der Waals surface area contributed by atoms with E-state index in [1.165, 1.54) is 4.52 Å². The minimum absolute atomic E-state index is 0.112. The summed E-state index contributed by atoms with van der Waals surface area (Å²) in [5.41, 5.74) is 2.44. The van der Waals surface area contributed by atoms with Crippen LogP contribution < -0.4 is 4.90 Å². The number of fused-ring (bicyclic) bond motifs is 2. The minimum atomic E-state index is -0.744. The van der Waals surface area contributed by atoms with Gasteiger partial charge in [-0.15, -0.1) is 16.9 Å². The summed E-state index contributed by atoms with van der Waals surface area (Å²) in [7, 11) is 0. The molecular formula is C20H21N5O3S. The number of nitrogens with zero attached hydrogens (tertiary/aromatic N) is 5. The van der Waals surface area contributed by atoms with Crippen LogP contribution in [0.1, 0.15) is 35.4 Å². The first-order valence-corrected chi connectivity index (χ1v) is 10.2. The van der Waals surface area contributed by atoms with Crippen LogP contribution in [0.5, 0.6) is 0 Å². The topological polar surface area (TPSA) is 89.7 Å². The van der Waals surface area contributed by atoms with Gasteiger partial charge >= 0.3 is 5.97 Å². The van der Waals surface area contributed by atoms with Gasteiger partial charge in [-0.25, -0.2) is 14.3 Å². The number of aromatic nitrogens is 4. The molecule has 0 spiro atoms. The average Bonchev–Trinajstić information content (AvgIpc) is 3.04. The second-order valence-corrected chi connectivity index (χ2v) is 8.47. The molecule has 0 saturated heterocycles. The van der Waals surface area contributed by atoms with E-state index in [0.717, 1.165) is 28.4 Å². The summed E-state index contributed by atoms with van der Waals surface area (Å²) in [6.07, 6.45) is 0.858. The van der Waals surface area contributed by atoms with Gasteiger partial charge in [0.05, 0.1) is 5.69 Å². The van der Waals surface area contributed by atoms with Crippen LogP contribution in [0.25, 0.3) is 5.78 Å². The molecule has 29 heavy (non-hydrogen) atoms. The SMILES string of the molecule is Cc1cc(C)n2nc(C(=O)OCC(=O)N3CC[C@@H](C)Sc4ccccc43)nc2n1. The van der Waals surface area contributed by atoms with Gasteiger partial charge in [0, 0.05) is 28.1 Å². The summed E-state index contributed by atoms with van der Waals surface area (Å²) in [5.74, 6) is -0.797. The fourth-order valence-corrected chi connectivity index (χ4v) is 4.38. The Labute approximate surface area is 172 Å². The lowest BCUT2D eigenvalue weighted by Gasteiger charge is -2.22. The van der Waals surface area contributed by atoms with Crippen molar-refractivity contribution < 1.29 is 14.3 Å². The maximum Gasteiger partial charge on any atom is 0.378 e. The van der Waals surface area contributed by atoms with Crippen LogP contribution in [0, 0.1) is 13.8 Å². The molecule has 1 atom stereocenters. The molecule has 1 aliphatic rings. The van der Waals surface area contributed by atoms with E-state index in [0.29, 0.717) is 17.6 Å². The first-order chi connectivity index (χ1) is 13.9. The molecule has 3 aromatic rings. The van der Waals surface area contributed by atoms with E-state index in [1.54, 1.807) is 16.7 Å². The molecule has 0 radical (unpaired) electrons. The van der Waals surface area contributed by atoms with Crippen molar-refractivity contribution in [3.63, 3.8) is 0 Å². The molecule has 3 heterocycles. The molecule has 9 heteroatoms. The van der Waals surface area contributed by atoms with Crippen molar-refractivity contribution in [2.75, 3.05) is 18.1 Å². The zero-order valence-electron chi connectivity index (χ0n) is 16.5. The van der Waals surface area contributed by atoms with E-state index in [1.807, 2.05) is 44.2 Å².